The molecule has 2 rings (SSSR count). The van der Waals surface area contributed by atoms with Crippen LogP contribution in [-0.2, 0) is 6.42 Å². The van der Waals surface area contributed by atoms with Crippen molar-refractivity contribution in [3.63, 3.8) is 0 Å². The lowest BCUT2D eigenvalue weighted by Crippen LogP contribution is -2.24. The smallest absolute Gasteiger partial charge is 0.127 e. The van der Waals surface area contributed by atoms with Gasteiger partial charge in [-0.1, -0.05) is 18.2 Å². The van der Waals surface area contributed by atoms with Crippen LogP contribution in [0.25, 0.3) is 0 Å². The van der Waals surface area contributed by atoms with Gasteiger partial charge in [0.25, 0.3) is 0 Å². The maximum Gasteiger partial charge on any atom is 0.127 e. The van der Waals surface area contributed by atoms with Crippen molar-refractivity contribution >= 4 is 0 Å². The molecule has 0 fully saturated rings. The van der Waals surface area contributed by atoms with E-state index in [0.29, 0.717) is 0 Å². The molecule has 0 amide bonds. The van der Waals surface area contributed by atoms with Crippen LogP contribution < -0.4 is 4.74 Å². The molecule has 0 saturated carbocycles. The van der Waals surface area contributed by atoms with Crippen LogP contribution in [0.5, 0.6) is 5.75 Å². The average molecular weight is 166 g/mol. The third-order valence-corrected chi connectivity index (χ3v) is 2.17. The van der Waals surface area contributed by atoms with Crippen LogP contribution in [-0.4, -0.2) is 12.8 Å². The van der Waals surface area contributed by atoms with Crippen molar-refractivity contribution in [2.45, 2.75) is 18.9 Å². The van der Waals surface area contributed by atoms with Gasteiger partial charge in [0.15, 0.2) is 0 Å². The van der Waals surface area contributed by atoms with Crippen LogP contribution in [0.3, 0.4) is 0 Å². The molecule has 1 unspecified atom stereocenters. The first kappa shape index (κ1) is 7.59. The zero-order chi connectivity index (χ0) is 8.39. The fourth-order valence-electron chi connectivity index (χ4n) is 1.49. The highest BCUT2D eigenvalue weighted by Gasteiger charge is 2.18. The minimum absolute atomic E-state index is 0.222. The second kappa shape index (κ2) is 3.13. The lowest BCUT2D eigenvalue weighted by atomic mass is 10.0. The van der Waals surface area contributed by atoms with E-state index in [-0.39, 0.29) is 12.8 Å². The molecule has 1 heterocycles. The van der Waals surface area contributed by atoms with E-state index in [0.717, 1.165) is 18.6 Å². The average Bonchev–Trinajstić information content (AvgIpc) is 2.17. The minimum atomic E-state index is -0.381. The molecule has 0 spiro atoms. The van der Waals surface area contributed by atoms with Gasteiger partial charge in [0.05, 0.1) is 0 Å². The summed E-state index contributed by atoms with van der Waals surface area (Å²) < 4.78 is 17.7. The SMILES string of the molecule is FCC1CCc2ccccc2O1. The largest absolute Gasteiger partial charge is 0.487 e. The predicted octanol–water partition coefficient (Wildman–Crippen LogP) is 2.35. The second-order valence-electron chi connectivity index (χ2n) is 3.04. The Morgan fingerprint density at radius 3 is 3.08 bits per heavy atom. The molecule has 0 N–H and O–H groups in total. The summed E-state index contributed by atoms with van der Waals surface area (Å²) in [6.07, 6.45) is 1.51. The summed E-state index contributed by atoms with van der Waals surface area (Å²) in [6.45, 7) is -0.381. The molecular weight excluding hydrogens is 155 g/mol. The Labute approximate surface area is 71.2 Å². The zero-order valence-corrected chi connectivity index (χ0v) is 6.79. The number of benzene rings is 1. The maximum atomic E-state index is 12.2. The van der Waals surface area contributed by atoms with Gasteiger partial charge in [-0.25, -0.2) is 4.39 Å². The van der Waals surface area contributed by atoms with Crippen molar-refractivity contribution in [1.29, 1.82) is 0 Å². The van der Waals surface area contributed by atoms with E-state index >= 15 is 0 Å². The summed E-state index contributed by atoms with van der Waals surface area (Å²) >= 11 is 0. The monoisotopic (exact) mass is 166 g/mol. The Morgan fingerprint density at radius 1 is 1.42 bits per heavy atom. The molecule has 0 radical (unpaired) electrons. The van der Waals surface area contributed by atoms with E-state index in [2.05, 4.69) is 0 Å². The van der Waals surface area contributed by atoms with Gasteiger partial charge in [-0.2, -0.15) is 0 Å². The molecule has 64 valence electrons. The number of rotatable bonds is 1. The quantitative estimate of drug-likeness (QED) is 0.622. The molecule has 0 aromatic heterocycles. The number of para-hydroxylation sites is 1. The summed E-state index contributed by atoms with van der Waals surface area (Å²) in [4.78, 5) is 0. The molecular formula is C10H11FO. The third kappa shape index (κ3) is 1.29. The highest BCUT2D eigenvalue weighted by Crippen LogP contribution is 2.26. The van der Waals surface area contributed by atoms with Gasteiger partial charge in [0.2, 0.25) is 0 Å². The van der Waals surface area contributed by atoms with Gasteiger partial charge >= 0.3 is 0 Å². The fourth-order valence-corrected chi connectivity index (χ4v) is 1.49. The molecule has 1 aromatic carbocycles. The summed E-state index contributed by atoms with van der Waals surface area (Å²) in [7, 11) is 0. The van der Waals surface area contributed by atoms with Crippen LogP contribution in [0, 0.1) is 0 Å². The molecule has 0 bridgehead atoms. The normalized spacial score (nSPS) is 21.2. The van der Waals surface area contributed by atoms with E-state index in [9.17, 15) is 4.39 Å². The molecule has 1 aromatic rings. The topological polar surface area (TPSA) is 9.23 Å². The van der Waals surface area contributed by atoms with Crippen LogP contribution in [0.1, 0.15) is 12.0 Å². The lowest BCUT2D eigenvalue weighted by molar-refractivity contribution is 0.141. The number of hydrogen-bond acceptors (Lipinski definition) is 1. The zero-order valence-electron chi connectivity index (χ0n) is 6.79. The number of ether oxygens (including phenoxy) is 1. The summed E-state index contributed by atoms with van der Waals surface area (Å²) in [5.74, 6) is 0.853. The summed E-state index contributed by atoms with van der Waals surface area (Å²) in [5.41, 5.74) is 1.20. The summed E-state index contributed by atoms with van der Waals surface area (Å²) in [6, 6.07) is 7.83. The van der Waals surface area contributed by atoms with Gasteiger partial charge in [0, 0.05) is 0 Å². The van der Waals surface area contributed by atoms with Gasteiger partial charge < -0.3 is 4.74 Å². The van der Waals surface area contributed by atoms with Crippen molar-refractivity contribution in [3.8, 4) is 5.75 Å². The van der Waals surface area contributed by atoms with Gasteiger partial charge in [-0.05, 0) is 24.5 Å². The van der Waals surface area contributed by atoms with Gasteiger partial charge in [-0.3, -0.25) is 0 Å². The van der Waals surface area contributed by atoms with Crippen molar-refractivity contribution in [2.24, 2.45) is 0 Å². The van der Waals surface area contributed by atoms with E-state index in [1.807, 2.05) is 24.3 Å². The molecule has 0 saturated heterocycles. The number of fused-ring (bicyclic) bond motifs is 1. The number of halogens is 1. The number of alkyl halides is 1. The van der Waals surface area contributed by atoms with E-state index in [1.165, 1.54) is 5.56 Å². The Morgan fingerprint density at radius 2 is 2.25 bits per heavy atom. The molecule has 1 aliphatic heterocycles. The van der Waals surface area contributed by atoms with Crippen LogP contribution in [0.4, 0.5) is 4.39 Å². The van der Waals surface area contributed by atoms with Gasteiger partial charge in [0.1, 0.15) is 18.5 Å². The van der Waals surface area contributed by atoms with E-state index in [1.54, 1.807) is 0 Å². The van der Waals surface area contributed by atoms with E-state index in [4.69, 9.17) is 4.74 Å². The van der Waals surface area contributed by atoms with Crippen molar-refractivity contribution in [1.82, 2.24) is 0 Å². The molecule has 1 nitrogen and oxygen atoms in total. The first-order valence-electron chi connectivity index (χ1n) is 4.20. The summed E-state index contributed by atoms with van der Waals surface area (Å²) in [5, 5.41) is 0. The molecule has 12 heavy (non-hydrogen) atoms. The second-order valence-corrected chi connectivity index (χ2v) is 3.04. The molecule has 1 atom stereocenters. The molecule has 1 aliphatic rings. The van der Waals surface area contributed by atoms with Crippen LogP contribution in [0.2, 0.25) is 0 Å². The van der Waals surface area contributed by atoms with Crippen LogP contribution in [0.15, 0.2) is 24.3 Å². The molecule has 0 aliphatic carbocycles. The molecule has 2 heteroatoms. The highest BCUT2D eigenvalue weighted by atomic mass is 19.1. The first-order chi connectivity index (χ1) is 5.90. The first-order valence-corrected chi connectivity index (χ1v) is 4.20. The van der Waals surface area contributed by atoms with E-state index < -0.39 is 0 Å². The third-order valence-electron chi connectivity index (χ3n) is 2.17. The van der Waals surface area contributed by atoms with Crippen molar-refractivity contribution in [2.75, 3.05) is 6.67 Å². The fraction of sp³-hybridized carbons (Fsp3) is 0.400. The Kier molecular flexibility index (Phi) is 1.98. The lowest BCUT2D eigenvalue weighted by Gasteiger charge is -2.23. The predicted molar refractivity (Wildman–Crippen MR) is 45.2 cm³/mol. The van der Waals surface area contributed by atoms with Crippen LogP contribution >= 0.6 is 0 Å². The standard InChI is InChI=1S/C10H11FO/c11-7-9-6-5-8-3-1-2-4-10(8)12-9/h1-4,9H,5-7H2. The number of aryl methyl sites for hydroxylation is 1. The van der Waals surface area contributed by atoms with Crippen molar-refractivity contribution in [3.05, 3.63) is 29.8 Å². The minimum Gasteiger partial charge on any atom is -0.487 e. The Bertz CT molecular complexity index is 272. The Balaban J connectivity index is 2.23. The number of hydrogen-bond donors (Lipinski definition) is 0. The maximum absolute atomic E-state index is 12.2. The van der Waals surface area contributed by atoms with Crippen molar-refractivity contribution < 1.29 is 9.13 Å². The highest BCUT2D eigenvalue weighted by molar-refractivity contribution is 5.35. The van der Waals surface area contributed by atoms with Gasteiger partial charge in [-0.15, -0.1) is 0 Å². The Hall–Kier alpha value is -1.05.